The fraction of sp³-hybridized carbons (Fsp3) is 1.00. The Bertz CT molecular complexity index is 335. The van der Waals surface area contributed by atoms with E-state index in [2.05, 4.69) is 13.8 Å². The summed E-state index contributed by atoms with van der Waals surface area (Å²) in [4.78, 5) is 0. The Morgan fingerprint density at radius 2 is 2.14 bits per heavy atom. The van der Waals surface area contributed by atoms with E-state index in [-0.39, 0.29) is 16.8 Å². The van der Waals surface area contributed by atoms with Gasteiger partial charge in [-0.05, 0) is 25.2 Å². The third-order valence-electron chi connectivity index (χ3n) is 3.85. The molecular formula is C10H18O3S. The van der Waals surface area contributed by atoms with Crippen molar-refractivity contribution in [3.05, 3.63) is 0 Å². The van der Waals surface area contributed by atoms with Gasteiger partial charge < -0.3 is 0 Å². The highest BCUT2D eigenvalue weighted by Gasteiger charge is 2.60. The van der Waals surface area contributed by atoms with E-state index in [9.17, 15) is 8.42 Å². The van der Waals surface area contributed by atoms with Crippen molar-refractivity contribution in [2.24, 2.45) is 11.3 Å². The quantitative estimate of drug-likeness (QED) is 0.632. The van der Waals surface area contributed by atoms with Crippen LogP contribution in [0.25, 0.3) is 0 Å². The zero-order chi connectivity index (χ0) is 10.6. The van der Waals surface area contributed by atoms with E-state index in [1.165, 1.54) is 0 Å². The van der Waals surface area contributed by atoms with Gasteiger partial charge in [-0.2, -0.15) is 8.42 Å². The molecule has 0 amide bonds. The zero-order valence-corrected chi connectivity index (χ0v) is 9.80. The SMILES string of the molecule is CCC1OS(=O)(=O)C2CC(C)CC12C. The predicted molar refractivity (Wildman–Crippen MR) is 54.4 cm³/mol. The molecule has 3 nitrogen and oxygen atoms in total. The molecule has 0 aromatic rings. The molecule has 2 rings (SSSR count). The van der Waals surface area contributed by atoms with Crippen molar-refractivity contribution in [2.75, 3.05) is 0 Å². The average molecular weight is 218 g/mol. The van der Waals surface area contributed by atoms with Crippen LogP contribution in [-0.4, -0.2) is 19.8 Å². The largest absolute Gasteiger partial charge is 0.271 e. The first-order chi connectivity index (χ1) is 6.40. The minimum Gasteiger partial charge on any atom is -0.266 e. The maximum atomic E-state index is 11.7. The highest BCUT2D eigenvalue weighted by Crippen LogP contribution is 2.54. The first kappa shape index (κ1) is 10.4. The molecule has 2 aliphatic rings. The summed E-state index contributed by atoms with van der Waals surface area (Å²) in [6.45, 7) is 6.20. The number of hydrogen-bond donors (Lipinski definition) is 0. The van der Waals surface area contributed by atoms with Gasteiger partial charge in [-0.1, -0.05) is 20.8 Å². The van der Waals surface area contributed by atoms with Gasteiger partial charge in [0.25, 0.3) is 10.1 Å². The lowest BCUT2D eigenvalue weighted by Crippen LogP contribution is -2.32. The molecule has 0 aromatic heterocycles. The van der Waals surface area contributed by atoms with Gasteiger partial charge >= 0.3 is 0 Å². The highest BCUT2D eigenvalue weighted by atomic mass is 32.2. The number of hydrogen-bond acceptors (Lipinski definition) is 3. The van der Waals surface area contributed by atoms with E-state index in [4.69, 9.17) is 4.18 Å². The monoisotopic (exact) mass is 218 g/mol. The highest BCUT2D eigenvalue weighted by molar-refractivity contribution is 7.87. The van der Waals surface area contributed by atoms with Crippen LogP contribution in [0.2, 0.25) is 0 Å². The van der Waals surface area contributed by atoms with Crippen LogP contribution in [0.5, 0.6) is 0 Å². The Kier molecular flexibility index (Phi) is 2.20. The van der Waals surface area contributed by atoms with Crippen LogP contribution >= 0.6 is 0 Å². The van der Waals surface area contributed by atoms with Gasteiger partial charge in [0, 0.05) is 5.41 Å². The topological polar surface area (TPSA) is 43.4 Å². The van der Waals surface area contributed by atoms with Crippen LogP contribution in [0.4, 0.5) is 0 Å². The fourth-order valence-electron chi connectivity index (χ4n) is 3.26. The Morgan fingerprint density at radius 1 is 1.50 bits per heavy atom. The smallest absolute Gasteiger partial charge is 0.266 e. The third-order valence-corrected chi connectivity index (χ3v) is 5.77. The van der Waals surface area contributed by atoms with Crippen LogP contribution in [-0.2, 0) is 14.3 Å². The molecule has 0 radical (unpaired) electrons. The van der Waals surface area contributed by atoms with Gasteiger partial charge in [0.2, 0.25) is 0 Å². The molecule has 0 aromatic carbocycles. The van der Waals surface area contributed by atoms with E-state index in [1.807, 2.05) is 6.92 Å². The molecule has 82 valence electrons. The second kappa shape index (κ2) is 2.95. The lowest BCUT2D eigenvalue weighted by Gasteiger charge is -2.26. The van der Waals surface area contributed by atoms with Crippen LogP contribution in [0.1, 0.15) is 40.0 Å². The van der Waals surface area contributed by atoms with E-state index in [0.717, 1.165) is 19.3 Å². The molecular weight excluding hydrogens is 200 g/mol. The summed E-state index contributed by atoms with van der Waals surface area (Å²) >= 11 is 0. The molecule has 4 atom stereocenters. The van der Waals surface area contributed by atoms with E-state index in [0.29, 0.717) is 5.92 Å². The second-order valence-corrected chi connectivity index (χ2v) is 6.77. The first-order valence-corrected chi connectivity index (χ1v) is 6.79. The van der Waals surface area contributed by atoms with Gasteiger partial charge in [-0.15, -0.1) is 0 Å². The van der Waals surface area contributed by atoms with E-state index in [1.54, 1.807) is 0 Å². The van der Waals surface area contributed by atoms with Crippen molar-refractivity contribution < 1.29 is 12.6 Å². The molecule has 4 unspecified atom stereocenters. The summed E-state index contributed by atoms with van der Waals surface area (Å²) in [6, 6.07) is 0. The lowest BCUT2D eigenvalue weighted by molar-refractivity contribution is 0.106. The van der Waals surface area contributed by atoms with Crippen LogP contribution in [0, 0.1) is 11.3 Å². The molecule has 0 spiro atoms. The van der Waals surface area contributed by atoms with Crippen molar-refractivity contribution in [2.45, 2.75) is 51.4 Å². The first-order valence-electron chi connectivity index (χ1n) is 5.32. The molecule has 1 heterocycles. The maximum absolute atomic E-state index is 11.7. The maximum Gasteiger partial charge on any atom is 0.271 e. The van der Waals surface area contributed by atoms with Crippen molar-refractivity contribution in [3.8, 4) is 0 Å². The van der Waals surface area contributed by atoms with Crippen molar-refractivity contribution >= 4 is 10.1 Å². The summed E-state index contributed by atoms with van der Waals surface area (Å²) in [5.74, 6) is 0.512. The van der Waals surface area contributed by atoms with E-state index < -0.39 is 10.1 Å². The standard InChI is InChI=1S/C10H18O3S/c1-4-8-10(3)6-7(2)5-9(10)14(11,12)13-8/h7-9H,4-6H2,1-3H3. The number of fused-ring (bicyclic) bond motifs is 1. The number of rotatable bonds is 1. The van der Waals surface area contributed by atoms with Crippen LogP contribution < -0.4 is 0 Å². The van der Waals surface area contributed by atoms with Gasteiger partial charge in [0.15, 0.2) is 0 Å². The van der Waals surface area contributed by atoms with Crippen LogP contribution in [0.3, 0.4) is 0 Å². The summed E-state index contributed by atoms with van der Waals surface area (Å²) < 4.78 is 28.7. The summed E-state index contributed by atoms with van der Waals surface area (Å²) in [5.41, 5.74) is -0.132. The molecule has 1 aliphatic carbocycles. The molecule has 0 N–H and O–H groups in total. The normalized spacial score (nSPS) is 50.6. The Hall–Kier alpha value is -0.0900. The summed E-state index contributed by atoms with van der Waals surface area (Å²) in [7, 11) is -3.28. The molecule has 1 aliphatic heterocycles. The predicted octanol–water partition coefficient (Wildman–Crippen LogP) is 1.93. The summed E-state index contributed by atoms with van der Waals surface area (Å²) in [5, 5.41) is -0.255. The molecule has 14 heavy (non-hydrogen) atoms. The summed E-state index contributed by atoms with van der Waals surface area (Å²) in [6.07, 6.45) is 2.45. The van der Waals surface area contributed by atoms with Gasteiger partial charge in [-0.3, -0.25) is 4.18 Å². The fourth-order valence-corrected chi connectivity index (χ4v) is 5.55. The van der Waals surface area contributed by atoms with Crippen molar-refractivity contribution in [1.82, 2.24) is 0 Å². The zero-order valence-electron chi connectivity index (χ0n) is 8.99. The molecule has 4 heteroatoms. The van der Waals surface area contributed by atoms with Crippen LogP contribution in [0.15, 0.2) is 0 Å². The van der Waals surface area contributed by atoms with Crippen molar-refractivity contribution in [3.63, 3.8) is 0 Å². The Labute approximate surface area is 86.0 Å². The van der Waals surface area contributed by atoms with Crippen molar-refractivity contribution in [1.29, 1.82) is 0 Å². The average Bonchev–Trinajstić information content (AvgIpc) is 2.46. The second-order valence-electron chi connectivity index (χ2n) is 5.03. The van der Waals surface area contributed by atoms with Gasteiger partial charge in [0.05, 0.1) is 11.4 Å². The molecule has 0 bridgehead atoms. The van der Waals surface area contributed by atoms with Gasteiger partial charge in [0.1, 0.15) is 0 Å². The third kappa shape index (κ3) is 1.23. The van der Waals surface area contributed by atoms with E-state index >= 15 is 0 Å². The van der Waals surface area contributed by atoms with Gasteiger partial charge in [-0.25, -0.2) is 0 Å². The minimum atomic E-state index is -3.28. The molecule has 2 fully saturated rings. The molecule has 1 saturated carbocycles. The lowest BCUT2D eigenvalue weighted by atomic mass is 9.80. The molecule has 1 saturated heterocycles. The Morgan fingerprint density at radius 3 is 2.71 bits per heavy atom. The Balaban J connectivity index is 2.40. The minimum absolute atomic E-state index is 0.0950.